The standard InChI is InChI=1S/C20H34N3O3S.C2H6/c1-5-6-7-8-12-25-20-19(21-27-22-20)17-10-9-11-23(4,14-17)15-26-18(24)13-16(2)3;1-2/h10,16H,5-9,11-15H2,1-4H3;1-2H3/q+1;. The summed E-state index contributed by atoms with van der Waals surface area (Å²) in [4.78, 5) is 11.9. The van der Waals surface area contributed by atoms with Gasteiger partial charge in [0.05, 0.1) is 31.9 Å². The van der Waals surface area contributed by atoms with Gasteiger partial charge >= 0.3 is 5.97 Å². The average molecular weight is 427 g/mol. The van der Waals surface area contributed by atoms with E-state index in [2.05, 4.69) is 28.8 Å². The number of aromatic nitrogens is 2. The van der Waals surface area contributed by atoms with Crippen LogP contribution in [0.4, 0.5) is 0 Å². The molecule has 0 aromatic carbocycles. The van der Waals surface area contributed by atoms with Gasteiger partial charge in [-0.1, -0.05) is 60.0 Å². The topological polar surface area (TPSA) is 61.3 Å². The maximum absolute atomic E-state index is 11.9. The molecule has 1 atom stereocenters. The highest BCUT2D eigenvalue weighted by molar-refractivity contribution is 6.99. The summed E-state index contributed by atoms with van der Waals surface area (Å²) in [5, 5.41) is 0. The lowest BCUT2D eigenvalue weighted by Gasteiger charge is -2.36. The van der Waals surface area contributed by atoms with E-state index < -0.39 is 0 Å². The van der Waals surface area contributed by atoms with E-state index >= 15 is 0 Å². The van der Waals surface area contributed by atoms with E-state index in [9.17, 15) is 4.79 Å². The first-order valence-corrected chi connectivity index (χ1v) is 11.8. The van der Waals surface area contributed by atoms with Gasteiger partial charge in [-0.15, -0.1) is 4.37 Å². The third-order valence-corrected chi connectivity index (χ3v) is 5.23. The number of hydrogen-bond acceptors (Lipinski definition) is 6. The first-order valence-electron chi connectivity index (χ1n) is 11.1. The lowest BCUT2D eigenvalue weighted by molar-refractivity contribution is -0.919. The second-order valence-electron chi connectivity index (χ2n) is 8.09. The van der Waals surface area contributed by atoms with Gasteiger partial charge in [0.15, 0.2) is 0 Å². The minimum atomic E-state index is -0.119. The summed E-state index contributed by atoms with van der Waals surface area (Å²) in [6.07, 6.45) is 8.30. The zero-order chi connectivity index (χ0) is 21.7. The third kappa shape index (κ3) is 9.26. The predicted octanol–water partition coefficient (Wildman–Crippen LogP) is 5.30. The smallest absolute Gasteiger partial charge is 0.310 e. The Morgan fingerprint density at radius 3 is 2.69 bits per heavy atom. The van der Waals surface area contributed by atoms with Crippen molar-refractivity contribution in [3.8, 4) is 5.88 Å². The molecule has 0 saturated carbocycles. The van der Waals surface area contributed by atoms with Crippen LogP contribution in [0.1, 0.15) is 78.8 Å². The fourth-order valence-electron chi connectivity index (χ4n) is 3.18. The molecule has 0 aliphatic carbocycles. The first-order chi connectivity index (χ1) is 13.9. The SMILES string of the molecule is CC.CCCCCCOc1nsnc1C1=CCC[N+](C)(COC(=O)CC(C)C)C1. The Labute approximate surface area is 181 Å². The van der Waals surface area contributed by atoms with E-state index in [1.807, 2.05) is 27.7 Å². The largest absolute Gasteiger partial charge is 0.475 e. The molecule has 0 spiro atoms. The van der Waals surface area contributed by atoms with Gasteiger partial charge in [-0.05, 0) is 12.3 Å². The number of nitrogens with zero attached hydrogens (tertiary/aromatic N) is 3. The Bertz CT molecular complexity index is 631. The summed E-state index contributed by atoms with van der Waals surface area (Å²) in [6.45, 7) is 13.1. The van der Waals surface area contributed by atoms with Crippen LogP contribution in [-0.4, -0.2) is 52.7 Å². The molecule has 0 amide bonds. The number of likely N-dealkylation sites (N-methyl/N-ethyl adjacent to an activating group) is 1. The normalized spacial score (nSPS) is 18.7. The van der Waals surface area contributed by atoms with Crippen molar-refractivity contribution in [1.29, 1.82) is 0 Å². The van der Waals surface area contributed by atoms with Crippen LogP contribution >= 0.6 is 11.7 Å². The minimum Gasteiger partial charge on any atom is -0.475 e. The van der Waals surface area contributed by atoms with Gasteiger partial charge in [0.1, 0.15) is 12.2 Å². The van der Waals surface area contributed by atoms with Crippen LogP contribution in [0.3, 0.4) is 0 Å². The second-order valence-corrected chi connectivity index (χ2v) is 8.62. The minimum absolute atomic E-state index is 0.119. The van der Waals surface area contributed by atoms with Crippen LogP contribution in [-0.2, 0) is 9.53 Å². The van der Waals surface area contributed by atoms with Crippen molar-refractivity contribution in [1.82, 2.24) is 8.75 Å². The number of carbonyl (C=O) groups is 1. The second kappa shape index (κ2) is 13.7. The predicted molar refractivity (Wildman–Crippen MR) is 120 cm³/mol. The van der Waals surface area contributed by atoms with Crippen molar-refractivity contribution >= 4 is 23.3 Å². The number of esters is 1. The van der Waals surface area contributed by atoms with E-state index in [0.717, 1.165) is 37.2 Å². The number of ether oxygens (including phenoxy) is 2. The molecule has 6 nitrogen and oxygen atoms in total. The van der Waals surface area contributed by atoms with Crippen LogP contribution in [0, 0.1) is 5.92 Å². The van der Waals surface area contributed by atoms with Crippen molar-refractivity contribution in [2.24, 2.45) is 5.92 Å². The van der Waals surface area contributed by atoms with Gasteiger partial charge in [0.25, 0.3) is 5.88 Å². The number of hydrogen-bond donors (Lipinski definition) is 0. The zero-order valence-electron chi connectivity index (χ0n) is 19.2. The number of unbranched alkanes of at least 4 members (excludes halogenated alkanes) is 3. The average Bonchev–Trinajstić information content (AvgIpc) is 3.16. The molecular formula is C22H40N3O3S+. The molecule has 166 valence electrons. The molecule has 1 aliphatic rings. The summed E-state index contributed by atoms with van der Waals surface area (Å²) in [5.41, 5.74) is 1.99. The summed E-state index contributed by atoms with van der Waals surface area (Å²) in [7, 11) is 2.13. The number of rotatable bonds is 11. The molecule has 29 heavy (non-hydrogen) atoms. The Morgan fingerprint density at radius 2 is 2.00 bits per heavy atom. The van der Waals surface area contributed by atoms with Crippen molar-refractivity contribution in [3.05, 3.63) is 11.8 Å². The summed E-state index contributed by atoms with van der Waals surface area (Å²) in [6, 6.07) is 0. The number of carbonyl (C=O) groups excluding carboxylic acids is 1. The fraction of sp³-hybridized carbons (Fsp3) is 0.773. The van der Waals surface area contributed by atoms with Crippen LogP contribution in [0.15, 0.2) is 6.08 Å². The van der Waals surface area contributed by atoms with Gasteiger partial charge in [0.2, 0.25) is 6.73 Å². The van der Waals surface area contributed by atoms with Gasteiger partial charge in [-0.3, -0.25) is 9.28 Å². The highest BCUT2D eigenvalue weighted by atomic mass is 32.1. The molecule has 1 aromatic heterocycles. The van der Waals surface area contributed by atoms with Crippen molar-refractivity contribution in [2.45, 2.75) is 73.1 Å². The zero-order valence-corrected chi connectivity index (χ0v) is 20.0. The molecule has 0 N–H and O–H groups in total. The van der Waals surface area contributed by atoms with E-state index in [4.69, 9.17) is 9.47 Å². The van der Waals surface area contributed by atoms with Gasteiger partial charge in [-0.2, -0.15) is 4.37 Å². The van der Waals surface area contributed by atoms with Crippen LogP contribution in [0.25, 0.3) is 5.57 Å². The highest BCUT2D eigenvalue weighted by Crippen LogP contribution is 2.30. The van der Waals surface area contributed by atoms with E-state index in [0.29, 0.717) is 36.0 Å². The van der Waals surface area contributed by atoms with E-state index in [1.165, 1.54) is 31.0 Å². The molecule has 0 fully saturated rings. The maximum atomic E-state index is 11.9. The molecule has 2 heterocycles. The van der Waals surface area contributed by atoms with E-state index in [-0.39, 0.29) is 5.97 Å². The van der Waals surface area contributed by atoms with Crippen molar-refractivity contribution < 1.29 is 18.8 Å². The number of quaternary nitrogens is 1. The highest BCUT2D eigenvalue weighted by Gasteiger charge is 2.31. The maximum Gasteiger partial charge on any atom is 0.310 e. The van der Waals surface area contributed by atoms with E-state index in [1.54, 1.807) is 0 Å². The molecule has 7 heteroatoms. The van der Waals surface area contributed by atoms with Crippen LogP contribution in [0.5, 0.6) is 5.88 Å². The molecule has 1 aromatic rings. The quantitative estimate of drug-likeness (QED) is 0.273. The molecule has 0 radical (unpaired) electrons. The Hall–Kier alpha value is -1.47. The van der Waals surface area contributed by atoms with Crippen molar-refractivity contribution in [2.75, 3.05) is 33.5 Å². The summed E-state index contributed by atoms with van der Waals surface area (Å²) in [5.74, 6) is 0.845. The van der Waals surface area contributed by atoms with Gasteiger partial charge < -0.3 is 9.47 Å². The van der Waals surface area contributed by atoms with Gasteiger partial charge in [0, 0.05) is 18.4 Å². The first kappa shape index (κ1) is 25.6. The molecule has 1 aliphatic heterocycles. The monoisotopic (exact) mass is 426 g/mol. The van der Waals surface area contributed by atoms with Crippen LogP contribution in [0.2, 0.25) is 0 Å². The fourth-order valence-corrected chi connectivity index (χ4v) is 3.71. The third-order valence-electron chi connectivity index (χ3n) is 4.72. The molecule has 0 bridgehead atoms. The Balaban J connectivity index is 0.00000204. The van der Waals surface area contributed by atoms with Gasteiger partial charge in [-0.25, -0.2) is 0 Å². The lowest BCUT2D eigenvalue weighted by Crippen LogP contribution is -2.49. The molecule has 1 unspecified atom stereocenters. The van der Waals surface area contributed by atoms with Crippen LogP contribution < -0.4 is 4.74 Å². The summed E-state index contributed by atoms with van der Waals surface area (Å²) < 4.78 is 20.9. The molecule has 2 rings (SSSR count). The molecular weight excluding hydrogens is 386 g/mol. The Morgan fingerprint density at radius 1 is 1.24 bits per heavy atom. The summed E-state index contributed by atoms with van der Waals surface area (Å²) >= 11 is 1.20. The Kier molecular flexibility index (Phi) is 12.1. The van der Waals surface area contributed by atoms with Crippen molar-refractivity contribution in [3.63, 3.8) is 0 Å². The lowest BCUT2D eigenvalue weighted by atomic mass is 10.1. The molecule has 0 saturated heterocycles.